The lowest BCUT2D eigenvalue weighted by Crippen LogP contribution is -2.56. The highest BCUT2D eigenvalue weighted by Crippen LogP contribution is 2.12. The van der Waals surface area contributed by atoms with Gasteiger partial charge in [-0.25, -0.2) is 0 Å². The average Bonchev–Trinajstić information content (AvgIpc) is 2.49. The van der Waals surface area contributed by atoms with E-state index in [4.69, 9.17) is 5.73 Å². The lowest BCUT2D eigenvalue weighted by molar-refractivity contribution is -0.126. The molecule has 1 fully saturated rings. The Hall–Kier alpha value is -0.650. The third-order valence-corrected chi connectivity index (χ3v) is 4.37. The zero-order chi connectivity index (χ0) is 15.8. The molecule has 0 spiro atoms. The topological polar surface area (TPSA) is 61.6 Å². The second kappa shape index (κ2) is 9.38. The molecule has 1 aliphatic heterocycles. The van der Waals surface area contributed by atoms with Gasteiger partial charge in [-0.1, -0.05) is 27.2 Å². The standard InChI is InChI=1S/C16H34N4O/c1-5-6-15(11-17)20-9-7-19(8-10-20)14(4)16(21)18-12-13(2)3/h13-15H,5-12,17H2,1-4H3,(H,18,21). The van der Waals surface area contributed by atoms with Crippen molar-refractivity contribution < 1.29 is 4.79 Å². The van der Waals surface area contributed by atoms with E-state index >= 15 is 0 Å². The number of rotatable bonds is 8. The van der Waals surface area contributed by atoms with Crippen LogP contribution in [0.5, 0.6) is 0 Å². The summed E-state index contributed by atoms with van der Waals surface area (Å²) in [5.41, 5.74) is 5.88. The second-order valence-electron chi connectivity index (χ2n) is 6.57. The first-order valence-electron chi connectivity index (χ1n) is 8.45. The van der Waals surface area contributed by atoms with Gasteiger partial charge in [-0.2, -0.15) is 0 Å². The van der Waals surface area contributed by atoms with Crippen molar-refractivity contribution in [3.05, 3.63) is 0 Å². The molecule has 5 nitrogen and oxygen atoms in total. The highest BCUT2D eigenvalue weighted by Gasteiger charge is 2.27. The maximum Gasteiger partial charge on any atom is 0.237 e. The highest BCUT2D eigenvalue weighted by atomic mass is 16.2. The SMILES string of the molecule is CCCC(CN)N1CCN(C(C)C(=O)NCC(C)C)CC1. The Kier molecular flexibility index (Phi) is 8.22. The molecule has 0 aromatic rings. The summed E-state index contributed by atoms with van der Waals surface area (Å²) in [4.78, 5) is 16.9. The third-order valence-electron chi connectivity index (χ3n) is 4.37. The van der Waals surface area contributed by atoms with Crippen LogP contribution in [0.1, 0.15) is 40.5 Å². The number of carbonyl (C=O) groups excluding carboxylic acids is 1. The smallest absolute Gasteiger partial charge is 0.237 e. The van der Waals surface area contributed by atoms with E-state index in [0.29, 0.717) is 12.0 Å². The molecule has 2 unspecified atom stereocenters. The van der Waals surface area contributed by atoms with Crippen LogP contribution >= 0.6 is 0 Å². The number of nitrogens with two attached hydrogens (primary N) is 1. The van der Waals surface area contributed by atoms with Crippen LogP contribution in [0, 0.1) is 5.92 Å². The zero-order valence-corrected chi connectivity index (χ0v) is 14.3. The molecule has 0 aromatic carbocycles. The largest absolute Gasteiger partial charge is 0.354 e. The Labute approximate surface area is 130 Å². The lowest BCUT2D eigenvalue weighted by atomic mass is 10.1. The third kappa shape index (κ3) is 5.93. The molecule has 0 radical (unpaired) electrons. The molecule has 1 rings (SSSR count). The van der Waals surface area contributed by atoms with Gasteiger partial charge in [0.2, 0.25) is 5.91 Å². The zero-order valence-electron chi connectivity index (χ0n) is 14.3. The van der Waals surface area contributed by atoms with Crippen LogP contribution < -0.4 is 11.1 Å². The molecule has 1 saturated heterocycles. The molecule has 0 aromatic heterocycles. The number of hydrogen-bond acceptors (Lipinski definition) is 4. The number of carbonyl (C=O) groups is 1. The number of hydrogen-bond donors (Lipinski definition) is 2. The van der Waals surface area contributed by atoms with E-state index in [-0.39, 0.29) is 11.9 Å². The number of nitrogens with zero attached hydrogens (tertiary/aromatic N) is 2. The Morgan fingerprint density at radius 2 is 1.71 bits per heavy atom. The van der Waals surface area contributed by atoms with E-state index in [1.54, 1.807) is 0 Å². The minimum absolute atomic E-state index is 0.0339. The van der Waals surface area contributed by atoms with E-state index in [1.807, 2.05) is 6.92 Å². The summed E-state index contributed by atoms with van der Waals surface area (Å²) in [5.74, 6) is 0.651. The van der Waals surface area contributed by atoms with Crippen molar-refractivity contribution in [2.75, 3.05) is 39.3 Å². The minimum Gasteiger partial charge on any atom is -0.354 e. The van der Waals surface area contributed by atoms with Crippen LogP contribution in [0.4, 0.5) is 0 Å². The summed E-state index contributed by atoms with van der Waals surface area (Å²) in [6.07, 6.45) is 2.34. The normalized spacial score (nSPS) is 20.5. The van der Waals surface area contributed by atoms with Crippen LogP contribution in [-0.2, 0) is 4.79 Å². The van der Waals surface area contributed by atoms with E-state index in [9.17, 15) is 4.79 Å². The van der Waals surface area contributed by atoms with Gasteiger partial charge >= 0.3 is 0 Å². The van der Waals surface area contributed by atoms with Crippen LogP contribution in [0.25, 0.3) is 0 Å². The number of amides is 1. The fourth-order valence-corrected chi connectivity index (χ4v) is 2.89. The highest BCUT2D eigenvalue weighted by molar-refractivity contribution is 5.81. The quantitative estimate of drug-likeness (QED) is 0.699. The summed E-state index contributed by atoms with van der Waals surface area (Å²) in [6.45, 7) is 13.9. The van der Waals surface area contributed by atoms with E-state index < -0.39 is 0 Å². The summed E-state index contributed by atoms with van der Waals surface area (Å²) >= 11 is 0. The monoisotopic (exact) mass is 298 g/mol. The predicted molar refractivity (Wildman–Crippen MR) is 88.2 cm³/mol. The average molecular weight is 298 g/mol. The second-order valence-corrected chi connectivity index (χ2v) is 6.57. The molecule has 0 aliphatic carbocycles. The molecule has 21 heavy (non-hydrogen) atoms. The van der Waals surface area contributed by atoms with Gasteiger partial charge in [0.15, 0.2) is 0 Å². The summed E-state index contributed by atoms with van der Waals surface area (Å²) in [7, 11) is 0. The fourth-order valence-electron chi connectivity index (χ4n) is 2.89. The minimum atomic E-state index is -0.0339. The molecule has 2 atom stereocenters. The molecule has 1 aliphatic rings. The Morgan fingerprint density at radius 1 is 1.14 bits per heavy atom. The first kappa shape index (κ1) is 18.4. The Balaban J connectivity index is 2.39. The molecule has 124 valence electrons. The molecular weight excluding hydrogens is 264 g/mol. The van der Waals surface area contributed by atoms with Gasteiger partial charge in [-0.3, -0.25) is 14.6 Å². The molecule has 5 heteroatoms. The van der Waals surface area contributed by atoms with Crippen molar-refractivity contribution in [3.63, 3.8) is 0 Å². The van der Waals surface area contributed by atoms with Crippen molar-refractivity contribution in [1.82, 2.24) is 15.1 Å². The predicted octanol–water partition coefficient (Wildman–Crippen LogP) is 0.892. The van der Waals surface area contributed by atoms with Gasteiger partial charge in [0.1, 0.15) is 0 Å². The maximum absolute atomic E-state index is 12.1. The Bertz CT molecular complexity index is 301. The number of piperazine rings is 1. The van der Waals surface area contributed by atoms with Crippen LogP contribution in [-0.4, -0.2) is 67.1 Å². The van der Waals surface area contributed by atoms with Gasteiger partial charge in [0.25, 0.3) is 0 Å². The molecule has 1 heterocycles. The first-order valence-corrected chi connectivity index (χ1v) is 8.45. The molecule has 3 N–H and O–H groups in total. The molecular formula is C16H34N4O. The summed E-state index contributed by atoms with van der Waals surface area (Å²) in [5, 5.41) is 3.03. The van der Waals surface area contributed by atoms with Crippen LogP contribution in [0.3, 0.4) is 0 Å². The van der Waals surface area contributed by atoms with Gasteiger partial charge in [-0.15, -0.1) is 0 Å². The molecule has 0 bridgehead atoms. The van der Waals surface area contributed by atoms with Crippen molar-refractivity contribution in [2.24, 2.45) is 11.7 Å². The Morgan fingerprint density at radius 3 is 2.19 bits per heavy atom. The number of nitrogens with one attached hydrogen (secondary N) is 1. The fraction of sp³-hybridized carbons (Fsp3) is 0.938. The van der Waals surface area contributed by atoms with Gasteiger partial charge in [0.05, 0.1) is 6.04 Å². The van der Waals surface area contributed by atoms with Gasteiger partial charge < -0.3 is 11.1 Å². The van der Waals surface area contributed by atoms with Gasteiger partial charge in [-0.05, 0) is 19.3 Å². The molecule has 0 saturated carbocycles. The maximum atomic E-state index is 12.1. The van der Waals surface area contributed by atoms with Crippen molar-refractivity contribution in [3.8, 4) is 0 Å². The van der Waals surface area contributed by atoms with E-state index in [0.717, 1.165) is 39.3 Å². The van der Waals surface area contributed by atoms with E-state index in [1.165, 1.54) is 12.8 Å². The lowest BCUT2D eigenvalue weighted by Gasteiger charge is -2.40. The van der Waals surface area contributed by atoms with Crippen molar-refractivity contribution >= 4 is 5.91 Å². The summed E-state index contributed by atoms with van der Waals surface area (Å²) < 4.78 is 0. The first-order chi connectivity index (χ1) is 9.99. The van der Waals surface area contributed by atoms with Gasteiger partial charge in [0, 0.05) is 45.3 Å². The van der Waals surface area contributed by atoms with Crippen LogP contribution in [0.2, 0.25) is 0 Å². The molecule has 1 amide bonds. The van der Waals surface area contributed by atoms with Crippen molar-refractivity contribution in [2.45, 2.75) is 52.6 Å². The summed E-state index contributed by atoms with van der Waals surface area (Å²) in [6, 6.07) is 0.468. The van der Waals surface area contributed by atoms with E-state index in [2.05, 4.69) is 35.9 Å². The van der Waals surface area contributed by atoms with Crippen molar-refractivity contribution in [1.29, 1.82) is 0 Å². The van der Waals surface area contributed by atoms with Crippen LogP contribution in [0.15, 0.2) is 0 Å².